The van der Waals surface area contributed by atoms with Gasteiger partial charge in [0.2, 0.25) is 5.91 Å². The molecule has 148 valence electrons. The molecule has 0 saturated carbocycles. The summed E-state index contributed by atoms with van der Waals surface area (Å²) >= 11 is 3.13. The molecule has 0 aliphatic carbocycles. The van der Waals surface area contributed by atoms with Gasteiger partial charge in [0.1, 0.15) is 0 Å². The summed E-state index contributed by atoms with van der Waals surface area (Å²) in [7, 11) is 0. The second-order valence-corrected chi connectivity index (χ2v) is 8.66. The molecule has 0 atom stereocenters. The van der Waals surface area contributed by atoms with Gasteiger partial charge in [0.25, 0.3) is 0 Å². The molecule has 0 aliphatic rings. The van der Waals surface area contributed by atoms with Crippen molar-refractivity contribution in [2.75, 3.05) is 11.1 Å². The third kappa shape index (κ3) is 4.36. The van der Waals surface area contributed by atoms with Crippen molar-refractivity contribution >= 4 is 44.8 Å². The van der Waals surface area contributed by atoms with Crippen molar-refractivity contribution in [3.8, 4) is 11.4 Å². The van der Waals surface area contributed by atoms with Gasteiger partial charge in [-0.15, -0.1) is 21.5 Å². The highest BCUT2D eigenvalue weighted by Crippen LogP contribution is 2.34. The van der Waals surface area contributed by atoms with Crippen molar-refractivity contribution < 1.29 is 4.79 Å². The number of aryl methyl sites for hydroxylation is 1. The standard InChI is InChI=1S/C22H22N4OS2/c1-3-12-26-21(18-13-28-19-7-5-4-6-17(18)19)24-25-22(26)29-14-20(27)23-16-10-8-15(2)9-11-16/h4-11,13H,3,12,14H2,1-2H3,(H,23,27). The molecular formula is C22H22N4OS2. The summed E-state index contributed by atoms with van der Waals surface area (Å²) in [6.45, 7) is 4.97. The minimum absolute atomic E-state index is 0.0487. The smallest absolute Gasteiger partial charge is 0.234 e. The van der Waals surface area contributed by atoms with Crippen LogP contribution in [0.3, 0.4) is 0 Å². The van der Waals surface area contributed by atoms with Gasteiger partial charge in [-0.3, -0.25) is 4.79 Å². The molecule has 0 spiro atoms. The normalized spacial score (nSPS) is 11.1. The van der Waals surface area contributed by atoms with Crippen LogP contribution in [0, 0.1) is 6.92 Å². The van der Waals surface area contributed by atoms with Gasteiger partial charge in [-0.1, -0.05) is 54.6 Å². The maximum Gasteiger partial charge on any atom is 0.234 e. The maximum atomic E-state index is 12.4. The lowest BCUT2D eigenvalue weighted by atomic mass is 10.1. The van der Waals surface area contributed by atoms with Gasteiger partial charge in [-0.05, 0) is 31.5 Å². The van der Waals surface area contributed by atoms with Gasteiger partial charge in [0.05, 0.1) is 5.75 Å². The lowest BCUT2D eigenvalue weighted by molar-refractivity contribution is -0.113. The molecule has 5 nitrogen and oxygen atoms in total. The summed E-state index contributed by atoms with van der Waals surface area (Å²) in [5, 5.41) is 15.9. The molecule has 4 aromatic rings. The molecule has 0 radical (unpaired) electrons. The van der Waals surface area contributed by atoms with Gasteiger partial charge in [-0.25, -0.2) is 0 Å². The number of hydrogen-bond acceptors (Lipinski definition) is 5. The zero-order chi connectivity index (χ0) is 20.2. The molecule has 2 aromatic carbocycles. The number of amides is 1. The molecule has 0 bridgehead atoms. The number of aromatic nitrogens is 3. The number of thioether (sulfide) groups is 1. The minimum Gasteiger partial charge on any atom is -0.325 e. The van der Waals surface area contributed by atoms with E-state index in [0.29, 0.717) is 5.75 Å². The van der Waals surface area contributed by atoms with E-state index in [2.05, 4.69) is 44.5 Å². The fourth-order valence-corrected chi connectivity index (χ4v) is 4.84. The lowest BCUT2D eigenvalue weighted by Crippen LogP contribution is -2.14. The Kier molecular flexibility index (Phi) is 5.97. The third-order valence-electron chi connectivity index (χ3n) is 4.55. The van der Waals surface area contributed by atoms with E-state index in [1.54, 1.807) is 11.3 Å². The van der Waals surface area contributed by atoms with Crippen molar-refractivity contribution in [2.45, 2.75) is 32.0 Å². The Hall–Kier alpha value is -2.64. The molecule has 1 amide bonds. The summed E-state index contributed by atoms with van der Waals surface area (Å²) in [4.78, 5) is 12.4. The first kappa shape index (κ1) is 19.7. The average Bonchev–Trinajstić information content (AvgIpc) is 3.32. The Morgan fingerprint density at radius 1 is 1.14 bits per heavy atom. The Labute approximate surface area is 178 Å². The first-order valence-electron chi connectivity index (χ1n) is 9.55. The number of thiophene rings is 1. The number of carbonyl (C=O) groups excluding carboxylic acids is 1. The van der Waals surface area contributed by atoms with Crippen LogP contribution < -0.4 is 5.32 Å². The summed E-state index contributed by atoms with van der Waals surface area (Å²) < 4.78 is 3.36. The van der Waals surface area contributed by atoms with Crippen molar-refractivity contribution in [3.05, 3.63) is 59.5 Å². The summed E-state index contributed by atoms with van der Waals surface area (Å²) in [6, 6.07) is 16.1. The summed E-state index contributed by atoms with van der Waals surface area (Å²) in [6.07, 6.45) is 0.968. The third-order valence-corrected chi connectivity index (χ3v) is 6.48. The monoisotopic (exact) mass is 422 g/mol. The SMILES string of the molecule is CCCn1c(SCC(=O)Nc2ccc(C)cc2)nnc1-c1csc2ccccc12. The zero-order valence-corrected chi connectivity index (χ0v) is 18.0. The molecule has 2 aromatic heterocycles. The average molecular weight is 423 g/mol. The van der Waals surface area contributed by atoms with Crippen molar-refractivity contribution in [2.24, 2.45) is 0 Å². The highest BCUT2D eigenvalue weighted by atomic mass is 32.2. The highest BCUT2D eigenvalue weighted by Gasteiger charge is 2.18. The molecule has 0 aliphatic heterocycles. The predicted molar refractivity (Wildman–Crippen MR) is 122 cm³/mol. The summed E-state index contributed by atoms with van der Waals surface area (Å²) in [5.74, 6) is 1.11. The quantitative estimate of drug-likeness (QED) is 0.393. The van der Waals surface area contributed by atoms with Gasteiger partial charge in [0, 0.05) is 33.3 Å². The molecule has 7 heteroatoms. The van der Waals surface area contributed by atoms with Gasteiger partial charge in [0.15, 0.2) is 11.0 Å². The van der Waals surface area contributed by atoms with Gasteiger partial charge >= 0.3 is 0 Å². The van der Waals surface area contributed by atoms with Crippen LogP contribution in [0.4, 0.5) is 5.69 Å². The number of hydrogen-bond donors (Lipinski definition) is 1. The lowest BCUT2D eigenvalue weighted by Gasteiger charge is -2.09. The molecule has 29 heavy (non-hydrogen) atoms. The number of carbonyl (C=O) groups is 1. The van der Waals surface area contributed by atoms with Crippen molar-refractivity contribution in [1.29, 1.82) is 0 Å². The van der Waals surface area contributed by atoms with E-state index in [4.69, 9.17) is 0 Å². The molecule has 4 rings (SSSR count). The molecule has 0 unspecified atom stereocenters. The van der Waals surface area contributed by atoms with Crippen molar-refractivity contribution in [1.82, 2.24) is 14.8 Å². The van der Waals surface area contributed by atoms with Gasteiger partial charge < -0.3 is 9.88 Å². The first-order valence-corrected chi connectivity index (χ1v) is 11.4. The van der Waals surface area contributed by atoms with E-state index in [9.17, 15) is 4.79 Å². The van der Waals surface area contributed by atoms with Crippen LogP contribution in [0.5, 0.6) is 0 Å². The fourth-order valence-electron chi connectivity index (χ4n) is 3.13. The molecule has 0 fully saturated rings. The van der Waals surface area contributed by atoms with Gasteiger partial charge in [-0.2, -0.15) is 0 Å². The number of fused-ring (bicyclic) bond motifs is 1. The van der Waals surface area contributed by atoms with Crippen LogP contribution in [0.2, 0.25) is 0 Å². The van der Waals surface area contributed by atoms with E-state index in [-0.39, 0.29) is 5.91 Å². The Bertz CT molecular complexity index is 1130. The number of anilines is 1. The number of benzene rings is 2. The topological polar surface area (TPSA) is 59.8 Å². The molecular weight excluding hydrogens is 400 g/mol. The van der Waals surface area contributed by atoms with Crippen LogP contribution in [0.1, 0.15) is 18.9 Å². The highest BCUT2D eigenvalue weighted by molar-refractivity contribution is 7.99. The van der Waals surface area contributed by atoms with Crippen LogP contribution in [0.25, 0.3) is 21.5 Å². The predicted octanol–water partition coefficient (Wildman–Crippen LogP) is 5.61. The Morgan fingerprint density at radius 2 is 1.93 bits per heavy atom. The van der Waals surface area contributed by atoms with Crippen LogP contribution in [0.15, 0.2) is 59.1 Å². The van der Waals surface area contributed by atoms with E-state index in [1.807, 2.05) is 43.3 Å². The van der Waals surface area contributed by atoms with Crippen molar-refractivity contribution in [3.63, 3.8) is 0 Å². The van der Waals surface area contributed by atoms with Crippen LogP contribution in [-0.4, -0.2) is 26.4 Å². The molecule has 0 saturated heterocycles. The second-order valence-electron chi connectivity index (χ2n) is 6.81. The Balaban J connectivity index is 1.52. The number of nitrogens with zero attached hydrogens (tertiary/aromatic N) is 3. The first-order chi connectivity index (χ1) is 14.2. The van der Waals surface area contributed by atoms with Crippen LogP contribution >= 0.6 is 23.1 Å². The van der Waals surface area contributed by atoms with E-state index < -0.39 is 0 Å². The molecule has 2 heterocycles. The maximum absolute atomic E-state index is 12.4. The van der Waals surface area contributed by atoms with Crippen LogP contribution in [-0.2, 0) is 11.3 Å². The number of nitrogens with one attached hydrogen (secondary N) is 1. The van der Waals surface area contributed by atoms with E-state index >= 15 is 0 Å². The Morgan fingerprint density at radius 3 is 2.72 bits per heavy atom. The largest absolute Gasteiger partial charge is 0.325 e. The number of rotatable bonds is 7. The second kappa shape index (κ2) is 8.80. The zero-order valence-electron chi connectivity index (χ0n) is 16.4. The molecule has 1 N–H and O–H groups in total. The fraction of sp³-hybridized carbons (Fsp3) is 0.227. The summed E-state index contributed by atoms with van der Waals surface area (Å²) in [5.41, 5.74) is 3.07. The van der Waals surface area contributed by atoms with E-state index in [0.717, 1.165) is 35.2 Å². The minimum atomic E-state index is -0.0487. The van der Waals surface area contributed by atoms with E-state index in [1.165, 1.54) is 27.4 Å².